The second-order valence-electron chi connectivity index (χ2n) is 7.15. The molecule has 2 atom stereocenters. The van der Waals surface area contributed by atoms with Crippen LogP contribution in [0.1, 0.15) is 30.7 Å². The number of hydrogen-bond acceptors (Lipinski definition) is 6. The molecule has 1 amide bonds. The fourth-order valence-corrected chi connectivity index (χ4v) is 4.07. The Morgan fingerprint density at radius 3 is 2.85 bits per heavy atom. The quantitative estimate of drug-likeness (QED) is 0.870. The molecule has 1 aromatic carbocycles. The zero-order chi connectivity index (χ0) is 19.0. The van der Waals surface area contributed by atoms with Crippen molar-refractivity contribution in [2.75, 3.05) is 20.8 Å². The topological polar surface area (TPSA) is 76.8 Å². The van der Waals surface area contributed by atoms with Crippen molar-refractivity contribution in [2.24, 2.45) is 0 Å². The molecule has 1 N–H and O–H groups in total. The molecular formula is C20H25N3O4. The Hall–Kier alpha value is -2.54. The summed E-state index contributed by atoms with van der Waals surface area (Å²) in [4.78, 5) is 19.0. The average Bonchev–Trinajstić information content (AvgIpc) is 3.17. The van der Waals surface area contributed by atoms with Crippen LogP contribution in [0.15, 0.2) is 22.6 Å². The number of oxazole rings is 1. The predicted octanol–water partition coefficient (Wildman–Crippen LogP) is 2.52. The minimum absolute atomic E-state index is 0.144. The molecule has 4 rings (SSSR count). The molecule has 27 heavy (non-hydrogen) atoms. The lowest BCUT2D eigenvalue weighted by Crippen LogP contribution is -2.37. The second-order valence-corrected chi connectivity index (χ2v) is 7.15. The van der Waals surface area contributed by atoms with Crippen molar-refractivity contribution < 1.29 is 18.7 Å². The van der Waals surface area contributed by atoms with Gasteiger partial charge >= 0.3 is 0 Å². The van der Waals surface area contributed by atoms with Crippen LogP contribution in [-0.4, -0.2) is 48.6 Å². The standard InChI is InChI=1S/C20H25N3O4/c1-12-17(11-23-13-4-5-14(23)10-21-19(24)8-13)22-20(27-12)16-9-15(25-2)6-7-18(16)26-3/h6-7,9,13-14H,4-5,8,10-11H2,1-3H3,(H,21,24)/t13-,14+/m1/s1. The Kier molecular flexibility index (Phi) is 4.78. The first-order valence-electron chi connectivity index (χ1n) is 9.30. The number of ether oxygens (including phenoxy) is 2. The lowest BCUT2D eigenvalue weighted by molar-refractivity contribution is -0.121. The van der Waals surface area contributed by atoms with E-state index in [0.717, 1.165) is 35.6 Å². The first kappa shape index (κ1) is 17.9. The van der Waals surface area contributed by atoms with E-state index in [4.69, 9.17) is 18.9 Å². The van der Waals surface area contributed by atoms with Crippen molar-refractivity contribution in [3.05, 3.63) is 29.7 Å². The van der Waals surface area contributed by atoms with Crippen molar-refractivity contribution in [3.63, 3.8) is 0 Å². The van der Waals surface area contributed by atoms with Crippen LogP contribution in [0.25, 0.3) is 11.5 Å². The number of fused-ring (bicyclic) bond motifs is 2. The molecule has 2 fully saturated rings. The third kappa shape index (κ3) is 3.39. The molecule has 0 spiro atoms. The van der Waals surface area contributed by atoms with Crippen LogP contribution in [0.3, 0.4) is 0 Å². The molecule has 0 radical (unpaired) electrons. The summed E-state index contributed by atoms with van der Waals surface area (Å²) in [6.45, 7) is 3.33. The molecule has 144 valence electrons. The van der Waals surface area contributed by atoms with Crippen LogP contribution in [0.2, 0.25) is 0 Å². The second kappa shape index (κ2) is 7.23. The summed E-state index contributed by atoms with van der Waals surface area (Å²) in [6.07, 6.45) is 2.73. The van der Waals surface area contributed by atoms with E-state index >= 15 is 0 Å². The van der Waals surface area contributed by atoms with Crippen molar-refractivity contribution in [2.45, 2.75) is 44.8 Å². The molecule has 0 unspecified atom stereocenters. The average molecular weight is 371 g/mol. The van der Waals surface area contributed by atoms with Crippen LogP contribution in [0.4, 0.5) is 0 Å². The molecule has 0 aliphatic carbocycles. The first-order chi connectivity index (χ1) is 13.1. The maximum Gasteiger partial charge on any atom is 0.230 e. The molecule has 3 heterocycles. The van der Waals surface area contributed by atoms with E-state index in [2.05, 4.69) is 10.2 Å². The normalized spacial score (nSPS) is 22.4. The monoisotopic (exact) mass is 371 g/mol. The van der Waals surface area contributed by atoms with E-state index in [1.54, 1.807) is 14.2 Å². The number of carbonyl (C=O) groups is 1. The van der Waals surface area contributed by atoms with Crippen LogP contribution in [0, 0.1) is 6.92 Å². The Bertz CT molecular complexity index is 848. The molecule has 1 aromatic heterocycles. The molecule has 2 saturated heterocycles. The van der Waals surface area contributed by atoms with Gasteiger partial charge in [0.1, 0.15) is 17.3 Å². The number of rotatable bonds is 5. The van der Waals surface area contributed by atoms with Crippen LogP contribution in [-0.2, 0) is 11.3 Å². The number of nitrogens with one attached hydrogen (secondary N) is 1. The number of amides is 1. The summed E-state index contributed by atoms with van der Waals surface area (Å²) >= 11 is 0. The highest BCUT2D eigenvalue weighted by atomic mass is 16.5. The summed E-state index contributed by atoms with van der Waals surface area (Å²) in [6, 6.07) is 6.21. The van der Waals surface area contributed by atoms with E-state index in [0.29, 0.717) is 37.2 Å². The number of carbonyl (C=O) groups excluding carboxylic acids is 1. The SMILES string of the molecule is COc1ccc(OC)c(-c2nc(CN3[C@@H]4CC[C@H]3CNC(=O)C4)c(C)o2)c1. The van der Waals surface area contributed by atoms with E-state index in [1.165, 1.54) is 0 Å². The number of benzene rings is 1. The highest BCUT2D eigenvalue weighted by Crippen LogP contribution is 2.35. The molecule has 7 heteroatoms. The van der Waals surface area contributed by atoms with E-state index in [1.807, 2.05) is 25.1 Å². The van der Waals surface area contributed by atoms with Gasteiger partial charge in [0.15, 0.2) is 0 Å². The Morgan fingerprint density at radius 2 is 2.07 bits per heavy atom. The van der Waals surface area contributed by atoms with Gasteiger partial charge in [-0.15, -0.1) is 0 Å². The van der Waals surface area contributed by atoms with Gasteiger partial charge in [0, 0.05) is 31.6 Å². The summed E-state index contributed by atoms with van der Waals surface area (Å²) in [5, 5.41) is 3.01. The van der Waals surface area contributed by atoms with Gasteiger partial charge in [0.05, 0.1) is 25.5 Å². The van der Waals surface area contributed by atoms with Gasteiger partial charge in [0.2, 0.25) is 11.8 Å². The largest absolute Gasteiger partial charge is 0.497 e. The smallest absolute Gasteiger partial charge is 0.230 e. The van der Waals surface area contributed by atoms with Crippen LogP contribution < -0.4 is 14.8 Å². The van der Waals surface area contributed by atoms with Gasteiger partial charge in [-0.1, -0.05) is 0 Å². The van der Waals surface area contributed by atoms with Crippen molar-refractivity contribution in [1.29, 1.82) is 0 Å². The van der Waals surface area contributed by atoms with Crippen molar-refractivity contribution >= 4 is 5.91 Å². The number of nitrogens with zero attached hydrogens (tertiary/aromatic N) is 2. The molecule has 2 aliphatic heterocycles. The molecule has 7 nitrogen and oxygen atoms in total. The van der Waals surface area contributed by atoms with Crippen molar-refractivity contribution in [1.82, 2.24) is 15.2 Å². The zero-order valence-electron chi connectivity index (χ0n) is 15.9. The third-order valence-electron chi connectivity index (χ3n) is 5.59. The maximum atomic E-state index is 11.9. The van der Waals surface area contributed by atoms with Gasteiger partial charge in [-0.2, -0.15) is 0 Å². The van der Waals surface area contributed by atoms with Gasteiger partial charge in [-0.3, -0.25) is 9.69 Å². The summed E-state index contributed by atoms with van der Waals surface area (Å²) < 4.78 is 16.8. The molecule has 2 bridgehead atoms. The minimum Gasteiger partial charge on any atom is -0.497 e. The van der Waals surface area contributed by atoms with Gasteiger partial charge in [-0.25, -0.2) is 4.98 Å². The fraction of sp³-hybridized carbons (Fsp3) is 0.500. The fourth-order valence-electron chi connectivity index (χ4n) is 4.07. The summed E-state index contributed by atoms with van der Waals surface area (Å²) in [7, 11) is 3.25. The molecular weight excluding hydrogens is 346 g/mol. The molecule has 2 aliphatic rings. The number of aryl methyl sites for hydroxylation is 1. The molecule has 2 aromatic rings. The van der Waals surface area contributed by atoms with Crippen LogP contribution in [0.5, 0.6) is 11.5 Å². The molecule has 0 saturated carbocycles. The Morgan fingerprint density at radius 1 is 1.26 bits per heavy atom. The Balaban J connectivity index is 1.62. The van der Waals surface area contributed by atoms with Gasteiger partial charge in [0.25, 0.3) is 0 Å². The highest BCUT2D eigenvalue weighted by molar-refractivity contribution is 5.77. The lowest BCUT2D eigenvalue weighted by Gasteiger charge is -2.26. The summed E-state index contributed by atoms with van der Waals surface area (Å²) in [5.41, 5.74) is 1.67. The number of hydrogen-bond donors (Lipinski definition) is 1. The highest BCUT2D eigenvalue weighted by Gasteiger charge is 2.38. The van der Waals surface area contributed by atoms with Gasteiger partial charge in [-0.05, 0) is 38.0 Å². The number of methoxy groups -OCH3 is 2. The van der Waals surface area contributed by atoms with E-state index in [9.17, 15) is 4.79 Å². The number of aromatic nitrogens is 1. The minimum atomic E-state index is 0.144. The van der Waals surface area contributed by atoms with Crippen LogP contribution >= 0.6 is 0 Å². The lowest BCUT2D eigenvalue weighted by atomic mass is 10.1. The van der Waals surface area contributed by atoms with E-state index in [-0.39, 0.29) is 11.9 Å². The van der Waals surface area contributed by atoms with E-state index < -0.39 is 0 Å². The predicted molar refractivity (Wildman–Crippen MR) is 99.8 cm³/mol. The zero-order valence-corrected chi connectivity index (χ0v) is 15.9. The Labute approximate surface area is 158 Å². The maximum absolute atomic E-state index is 11.9. The summed E-state index contributed by atoms with van der Waals surface area (Å²) in [5.74, 6) is 2.87. The third-order valence-corrected chi connectivity index (χ3v) is 5.59. The first-order valence-corrected chi connectivity index (χ1v) is 9.30. The van der Waals surface area contributed by atoms with Crippen molar-refractivity contribution in [3.8, 4) is 23.0 Å². The van der Waals surface area contributed by atoms with Gasteiger partial charge < -0.3 is 19.2 Å².